The van der Waals surface area contributed by atoms with E-state index in [0.29, 0.717) is 17.8 Å². The van der Waals surface area contributed by atoms with Crippen molar-refractivity contribution in [3.05, 3.63) is 29.8 Å². The van der Waals surface area contributed by atoms with E-state index in [4.69, 9.17) is 0 Å². The number of carbonyl (C=O) groups is 2. The SMILES string of the molecule is CC(=O)c1cccc(NC(=O)CN2CCCNCC2)c1. The highest BCUT2D eigenvalue weighted by Gasteiger charge is 2.13. The Morgan fingerprint density at radius 2 is 2.15 bits per heavy atom. The van der Waals surface area contributed by atoms with E-state index in [2.05, 4.69) is 15.5 Å². The highest BCUT2D eigenvalue weighted by molar-refractivity contribution is 5.97. The number of hydrogen-bond acceptors (Lipinski definition) is 4. The fraction of sp³-hybridized carbons (Fsp3) is 0.467. The number of Topliss-reactive ketones (excluding diaryl/α,β-unsaturated/α-hetero) is 1. The molecule has 1 saturated heterocycles. The van der Waals surface area contributed by atoms with Gasteiger partial charge in [0.1, 0.15) is 0 Å². The number of rotatable bonds is 4. The van der Waals surface area contributed by atoms with Crippen LogP contribution in [0.15, 0.2) is 24.3 Å². The molecule has 5 heteroatoms. The van der Waals surface area contributed by atoms with Gasteiger partial charge in [0.25, 0.3) is 0 Å². The standard InChI is InChI=1S/C15H21N3O2/c1-12(19)13-4-2-5-14(10-13)17-15(20)11-18-8-3-6-16-7-9-18/h2,4-5,10,16H,3,6-9,11H2,1H3,(H,17,20). The lowest BCUT2D eigenvalue weighted by Gasteiger charge is -2.18. The molecule has 0 unspecified atom stereocenters. The molecule has 108 valence electrons. The normalized spacial score (nSPS) is 16.4. The van der Waals surface area contributed by atoms with E-state index in [1.807, 2.05) is 0 Å². The first-order valence-corrected chi connectivity index (χ1v) is 6.99. The highest BCUT2D eigenvalue weighted by atomic mass is 16.2. The third kappa shape index (κ3) is 4.43. The summed E-state index contributed by atoms with van der Waals surface area (Å²) >= 11 is 0. The molecule has 1 heterocycles. The zero-order valence-electron chi connectivity index (χ0n) is 11.8. The van der Waals surface area contributed by atoms with Crippen molar-refractivity contribution in [1.29, 1.82) is 0 Å². The van der Waals surface area contributed by atoms with Crippen LogP contribution in [0.4, 0.5) is 5.69 Å². The first-order chi connectivity index (χ1) is 9.65. The Morgan fingerprint density at radius 1 is 1.30 bits per heavy atom. The van der Waals surface area contributed by atoms with Crippen LogP contribution in [-0.4, -0.2) is 49.3 Å². The van der Waals surface area contributed by atoms with Crippen molar-refractivity contribution in [3.8, 4) is 0 Å². The molecule has 1 aliphatic rings. The number of ketones is 1. The van der Waals surface area contributed by atoms with E-state index < -0.39 is 0 Å². The molecule has 0 aliphatic carbocycles. The fourth-order valence-corrected chi connectivity index (χ4v) is 2.28. The molecular weight excluding hydrogens is 254 g/mol. The van der Waals surface area contributed by atoms with Gasteiger partial charge in [0.2, 0.25) is 5.91 Å². The Kier molecular flexibility index (Phi) is 5.26. The second kappa shape index (κ2) is 7.17. The van der Waals surface area contributed by atoms with Gasteiger partial charge in [-0.05, 0) is 38.6 Å². The number of hydrogen-bond donors (Lipinski definition) is 2. The third-order valence-electron chi connectivity index (χ3n) is 3.35. The zero-order chi connectivity index (χ0) is 14.4. The Morgan fingerprint density at radius 3 is 2.95 bits per heavy atom. The maximum absolute atomic E-state index is 12.0. The lowest BCUT2D eigenvalue weighted by atomic mass is 10.1. The van der Waals surface area contributed by atoms with Crippen molar-refractivity contribution in [2.45, 2.75) is 13.3 Å². The number of benzene rings is 1. The summed E-state index contributed by atoms with van der Waals surface area (Å²) in [4.78, 5) is 25.5. The highest BCUT2D eigenvalue weighted by Crippen LogP contribution is 2.11. The lowest BCUT2D eigenvalue weighted by Crippen LogP contribution is -2.35. The van der Waals surface area contributed by atoms with Gasteiger partial charge in [-0.15, -0.1) is 0 Å². The molecule has 5 nitrogen and oxygen atoms in total. The number of amides is 1. The van der Waals surface area contributed by atoms with Gasteiger partial charge in [-0.2, -0.15) is 0 Å². The molecule has 2 rings (SSSR count). The van der Waals surface area contributed by atoms with Crippen molar-refractivity contribution in [1.82, 2.24) is 10.2 Å². The van der Waals surface area contributed by atoms with Crippen LogP contribution < -0.4 is 10.6 Å². The predicted octanol–water partition coefficient (Wildman–Crippen LogP) is 1.12. The molecule has 1 aliphatic heterocycles. The number of nitrogens with zero attached hydrogens (tertiary/aromatic N) is 1. The monoisotopic (exact) mass is 275 g/mol. The largest absolute Gasteiger partial charge is 0.325 e. The Bertz CT molecular complexity index is 480. The summed E-state index contributed by atoms with van der Waals surface area (Å²) in [6.07, 6.45) is 1.06. The molecule has 1 amide bonds. The van der Waals surface area contributed by atoms with E-state index in [-0.39, 0.29) is 11.7 Å². The fourth-order valence-electron chi connectivity index (χ4n) is 2.28. The summed E-state index contributed by atoms with van der Waals surface area (Å²) in [5, 5.41) is 6.16. The van der Waals surface area contributed by atoms with Gasteiger partial charge in [-0.3, -0.25) is 14.5 Å². The molecule has 0 saturated carbocycles. The maximum atomic E-state index is 12.0. The summed E-state index contributed by atoms with van der Waals surface area (Å²) in [7, 11) is 0. The quantitative estimate of drug-likeness (QED) is 0.809. The van der Waals surface area contributed by atoms with Gasteiger partial charge in [-0.1, -0.05) is 12.1 Å². The van der Waals surface area contributed by atoms with E-state index in [0.717, 1.165) is 32.6 Å². The lowest BCUT2D eigenvalue weighted by molar-refractivity contribution is -0.117. The van der Waals surface area contributed by atoms with Crippen LogP contribution in [0, 0.1) is 0 Å². The smallest absolute Gasteiger partial charge is 0.238 e. The molecule has 0 spiro atoms. The van der Waals surface area contributed by atoms with Crippen LogP contribution in [0.3, 0.4) is 0 Å². The zero-order valence-corrected chi connectivity index (χ0v) is 11.8. The number of nitrogens with one attached hydrogen (secondary N) is 2. The molecule has 20 heavy (non-hydrogen) atoms. The van der Waals surface area contributed by atoms with E-state index >= 15 is 0 Å². The Labute approximate surface area is 119 Å². The molecular formula is C15H21N3O2. The van der Waals surface area contributed by atoms with E-state index in [1.165, 1.54) is 6.92 Å². The molecule has 1 fully saturated rings. The molecule has 1 aromatic carbocycles. The Hall–Kier alpha value is -1.72. The van der Waals surface area contributed by atoms with Gasteiger partial charge in [0.05, 0.1) is 6.54 Å². The van der Waals surface area contributed by atoms with Crippen molar-refractivity contribution in [3.63, 3.8) is 0 Å². The number of anilines is 1. The summed E-state index contributed by atoms with van der Waals surface area (Å²) in [5.74, 6) is -0.0349. The maximum Gasteiger partial charge on any atom is 0.238 e. The van der Waals surface area contributed by atoms with Crippen LogP contribution in [0.2, 0.25) is 0 Å². The summed E-state index contributed by atoms with van der Waals surface area (Å²) < 4.78 is 0. The summed E-state index contributed by atoms with van der Waals surface area (Å²) in [6.45, 7) is 5.68. The van der Waals surface area contributed by atoms with Crippen LogP contribution in [0.5, 0.6) is 0 Å². The molecule has 1 aromatic rings. The van der Waals surface area contributed by atoms with Gasteiger partial charge >= 0.3 is 0 Å². The van der Waals surface area contributed by atoms with E-state index in [1.54, 1.807) is 24.3 Å². The van der Waals surface area contributed by atoms with Crippen molar-refractivity contribution in [2.75, 3.05) is 38.0 Å². The molecule has 0 bridgehead atoms. The number of carbonyl (C=O) groups excluding carboxylic acids is 2. The third-order valence-corrected chi connectivity index (χ3v) is 3.35. The average Bonchev–Trinajstić information content (AvgIpc) is 2.67. The topological polar surface area (TPSA) is 61.4 Å². The van der Waals surface area contributed by atoms with Gasteiger partial charge in [0.15, 0.2) is 5.78 Å². The molecule has 0 atom stereocenters. The van der Waals surface area contributed by atoms with E-state index in [9.17, 15) is 9.59 Å². The summed E-state index contributed by atoms with van der Waals surface area (Å²) in [5.41, 5.74) is 1.29. The van der Waals surface area contributed by atoms with Crippen LogP contribution in [0.25, 0.3) is 0 Å². The van der Waals surface area contributed by atoms with Crippen molar-refractivity contribution in [2.24, 2.45) is 0 Å². The first kappa shape index (κ1) is 14.7. The Balaban J connectivity index is 1.90. The van der Waals surface area contributed by atoms with Gasteiger partial charge < -0.3 is 10.6 Å². The van der Waals surface area contributed by atoms with Crippen LogP contribution in [-0.2, 0) is 4.79 Å². The molecule has 0 aromatic heterocycles. The van der Waals surface area contributed by atoms with Crippen molar-refractivity contribution >= 4 is 17.4 Å². The first-order valence-electron chi connectivity index (χ1n) is 6.99. The second-order valence-electron chi connectivity index (χ2n) is 5.06. The minimum Gasteiger partial charge on any atom is -0.325 e. The average molecular weight is 275 g/mol. The van der Waals surface area contributed by atoms with Gasteiger partial charge in [-0.25, -0.2) is 0 Å². The van der Waals surface area contributed by atoms with Crippen LogP contribution in [0.1, 0.15) is 23.7 Å². The minimum atomic E-state index is -0.0346. The van der Waals surface area contributed by atoms with Crippen molar-refractivity contribution < 1.29 is 9.59 Å². The molecule has 2 N–H and O–H groups in total. The second-order valence-corrected chi connectivity index (χ2v) is 5.06. The predicted molar refractivity (Wildman–Crippen MR) is 79.0 cm³/mol. The minimum absolute atomic E-state index is 0.000286. The van der Waals surface area contributed by atoms with Gasteiger partial charge in [0, 0.05) is 24.3 Å². The summed E-state index contributed by atoms with van der Waals surface area (Å²) in [6, 6.07) is 7.04. The molecule has 0 radical (unpaired) electrons. The van der Waals surface area contributed by atoms with Crippen LogP contribution >= 0.6 is 0 Å².